The van der Waals surface area contributed by atoms with Crippen molar-refractivity contribution in [3.05, 3.63) is 411 Å². The predicted octanol–water partition coefficient (Wildman–Crippen LogP) is 19.7. The van der Waals surface area contributed by atoms with Gasteiger partial charge in [-0.25, -0.2) is 38.5 Å². The Morgan fingerprint density at radius 3 is 1.22 bits per heavy atom. The van der Waals surface area contributed by atoms with Gasteiger partial charge in [0.25, 0.3) is 20.0 Å². The zero-order valence-electron chi connectivity index (χ0n) is 81.0. The summed E-state index contributed by atoms with van der Waals surface area (Å²) in [5, 5.41) is 10.2. The molecule has 7 heterocycles. The summed E-state index contributed by atoms with van der Waals surface area (Å²) < 4.78 is 149. The highest BCUT2D eigenvalue weighted by molar-refractivity contribution is 8.10. The lowest BCUT2D eigenvalue weighted by Gasteiger charge is -2.24. The van der Waals surface area contributed by atoms with Gasteiger partial charge in [-0.1, -0.05) is 238 Å². The average Bonchev–Trinajstić information content (AvgIpc) is 1.17. The van der Waals surface area contributed by atoms with Gasteiger partial charge in [-0.3, -0.25) is 0 Å². The summed E-state index contributed by atoms with van der Waals surface area (Å²) in [6.07, 6.45) is 2.10. The number of nitrogens with zero attached hydrogens (tertiary/aromatic N) is 2. The summed E-state index contributed by atoms with van der Waals surface area (Å²) in [5.74, 6) is 0.842. The number of sulfone groups is 1. The van der Waals surface area contributed by atoms with E-state index in [0.717, 1.165) is 83.3 Å². The van der Waals surface area contributed by atoms with Gasteiger partial charge in [-0.05, 0) is 298 Å². The normalized spacial score (nSPS) is 14.2. The van der Waals surface area contributed by atoms with Crippen molar-refractivity contribution >= 4 is 197 Å². The molecule has 15 aromatic rings. The summed E-state index contributed by atoms with van der Waals surface area (Å²) in [4.78, 5) is 13.3. The van der Waals surface area contributed by atoms with E-state index in [1.165, 1.54) is 117 Å². The fourth-order valence-electron chi connectivity index (χ4n) is 16.8. The van der Waals surface area contributed by atoms with Crippen molar-refractivity contribution in [1.29, 1.82) is 0 Å². The third kappa shape index (κ3) is 26.0. The minimum atomic E-state index is -4.39. The molecular weight excluding hydrogens is 1980 g/mol. The minimum absolute atomic E-state index is 0.0501. The van der Waals surface area contributed by atoms with Crippen molar-refractivity contribution in [2.75, 3.05) is 9.97 Å². The van der Waals surface area contributed by atoms with Gasteiger partial charge in [0.15, 0.2) is 5.69 Å². The fourth-order valence-corrected chi connectivity index (χ4v) is 26.3. The number of sulfonamides is 2. The first-order chi connectivity index (χ1) is 69.3. The highest BCUT2D eigenvalue weighted by Gasteiger charge is 2.39. The molecular formula is C109H102B7ClN2O17S8. The number of thioether (sulfide) groups is 1. The monoisotopic (exact) mass is 2080 g/mol. The number of aryl methyl sites for hydroxylation is 3. The first-order valence-corrected chi connectivity index (χ1v) is 56.7. The van der Waals surface area contributed by atoms with Gasteiger partial charge < -0.3 is 42.3 Å². The lowest BCUT2D eigenvalue weighted by Crippen LogP contribution is -2.37. The second-order valence-electron chi connectivity index (χ2n) is 35.1. The number of halogens is 1. The van der Waals surface area contributed by atoms with E-state index < -0.39 is 58.6 Å². The van der Waals surface area contributed by atoms with Crippen molar-refractivity contribution < 1.29 is 76.0 Å². The molecule has 0 radical (unpaired) electrons. The van der Waals surface area contributed by atoms with Crippen LogP contribution in [-0.2, 0) is 137 Å². The zero-order chi connectivity index (χ0) is 102. The molecule has 0 saturated heterocycles. The van der Waals surface area contributed by atoms with Crippen LogP contribution in [0.25, 0.3) is 4.85 Å². The number of benzene rings is 15. The zero-order valence-corrected chi connectivity index (χ0v) is 88.3. The maximum Gasteiger partial charge on any atom is 0.491 e. The highest BCUT2D eigenvalue weighted by Crippen LogP contribution is 2.36. The number of ether oxygens (including phenoxy) is 1. The summed E-state index contributed by atoms with van der Waals surface area (Å²) in [5.41, 5.74) is 20.8. The fraction of sp³-hybridized carbons (Fsp3) is 0.165. The molecule has 0 fully saturated rings. The summed E-state index contributed by atoms with van der Waals surface area (Å²) in [7, 11) is -15.5. The quantitative estimate of drug-likeness (QED) is 0.0450. The molecule has 7 aliphatic heterocycles. The van der Waals surface area contributed by atoms with E-state index in [1.54, 1.807) is 96.7 Å². The predicted molar refractivity (Wildman–Crippen MR) is 587 cm³/mol. The van der Waals surface area contributed by atoms with Gasteiger partial charge >= 0.3 is 48.6 Å². The Labute approximate surface area is 870 Å². The molecule has 22 rings (SSSR count). The molecule has 2 unspecified atom stereocenters. The molecule has 0 bridgehead atoms. The van der Waals surface area contributed by atoms with Crippen molar-refractivity contribution in [3.63, 3.8) is 0 Å². The van der Waals surface area contributed by atoms with Crippen LogP contribution < -0.4 is 46.7 Å². The van der Waals surface area contributed by atoms with E-state index in [0.29, 0.717) is 59.0 Å². The van der Waals surface area contributed by atoms with Crippen LogP contribution in [0.4, 0.5) is 11.4 Å². The first kappa shape index (κ1) is 106. The minimum Gasteiger partial charge on any atom is -0.489 e. The molecule has 2 atom stereocenters. The Balaban J connectivity index is 0.000000121. The average molecular weight is 2080 g/mol. The van der Waals surface area contributed by atoms with Gasteiger partial charge in [-0.2, -0.15) is 3.71 Å². The van der Waals surface area contributed by atoms with Crippen LogP contribution in [0.15, 0.2) is 397 Å². The van der Waals surface area contributed by atoms with E-state index in [9.17, 15) is 38.7 Å². The van der Waals surface area contributed by atoms with Gasteiger partial charge in [-0.15, -0.1) is 11.8 Å². The first-order valence-electron chi connectivity index (χ1n) is 46.8. The standard InChI is InChI=1S/C20H18BNO5S2.C16H14BNO2.C15H15BO2S.C15H15BOS2.C15H15BOS.C14H12BClO3S.C14H13BO3S/c1-21-20-13-12-17(14-16(20)15-27-21)22(28(23,24)18-8-4-2-5-9-18)29(25,26)19-10-6-3-7-11-19;1-17-16-7-6-15(9-13(16)11-20-17)19-10-12-4-3-5-14(8-12)18-2;1-11-3-6-13(7-4-11)19(17)14-8-5-12-10-18-16(2)15(12)9-14;1-16-15-9-14(4-3-11(15)10-17-16)19-13-7-5-12(18-2)6-8-13;1-11-3-6-13(7-4-11)18-14-8-5-12-10-17-16(2)15(12)9-14;1-15-14-8-13(5-2-10(14)9-19-15)20(17,18)12-6-3-11(16)4-7-12;1-10-2-5-12(6-3-10)19(17)13-7-4-11-9-18-15(16)14(11)8-13/h2-14H,15H2,1H3;3-9H,10-11H2,1H3;2*3-9H,10H2,1-2H3;3-9H,10H2,1-2H3;2-8H,9H2,1H3;2-8,16H,9H2,1H3. The van der Waals surface area contributed by atoms with Crippen LogP contribution in [0.1, 0.15) is 61.2 Å². The lowest BCUT2D eigenvalue weighted by atomic mass is 9.64. The molecule has 0 aliphatic carbocycles. The lowest BCUT2D eigenvalue weighted by molar-refractivity contribution is 0.275. The second-order valence-corrected chi connectivity index (χ2v) is 47.5. The summed E-state index contributed by atoms with van der Waals surface area (Å²) >= 11 is 11.2. The molecule has 0 amide bonds. The van der Waals surface area contributed by atoms with Gasteiger partial charge in [0.1, 0.15) is 12.4 Å². The van der Waals surface area contributed by atoms with Gasteiger partial charge in [0.2, 0.25) is 9.84 Å². The molecule has 35 heteroatoms. The van der Waals surface area contributed by atoms with Crippen LogP contribution in [-0.4, -0.2) is 93.6 Å². The van der Waals surface area contributed by atoms with Crippen LogP contribution in [0.5, 0.6) is 5.75 Å². The summed E-state index contributed by atoms with van der Waals surface area (Å²) in [6.45, 7) is 30.4. The summed E-state index contributed by atoms with van der Waals surface area (Å²) in [6, 6.07) is 102. The molecule has 144 heavy (non-hydrogen) atoms. The maximum absolute atomic E-state index is 13.4. The number of anilines is 1. The van der Waals surface area contributed by atoms with Crippen LogP contribution in [0.3, 0.4) is 0 Å². The van der Waals surface area contributed by atoms with Crippen molar-refractivity contribution in [2.24, 2.45) is 0 Å². The number of fused-ring (bicyclic) bond motifs is 7. The Morgan fingerprint density at radius 1 is 0.361 bits per heavy atom. The number of hydrogen-bond acceptors (Lipinski definition) is 20. The van der Waals surface area contributed by atoms with E-state index in [1.807, 2.05) is 173 Å². The Morgan fingerprint density at radius 2 is 0.736 bits per heavy atom. The Bertz CT molecular complexity index is 7410. The number of hydrogen-bond donors (Lipinski definition) is 1. The van der Waals surface area contributed by atoms with Crippen molar-refractivity contribution in [2.45, 2.75) is 178 Å². The van der Waals surface area contributed by atoms with Crippen molar-refractivity contribution in [3.8, 4) is 5.75 Å². The number of rotatable bonds is 19. The third-order valence-electron chi connectivity index (χ3n) is 25.1. The smallest absolute Gasteiger partial charge is 0.489 e. The molecule has 7 aliphatic rings. The third-order valence-corrected chi connectivity index (χ3v) is 36.8. The van der Waals surface area contributed by atoms with Crippen molar-refractivity contribution in [1.82, 2.24) is 0 Å². The second kappa shape index (κ2) is 48.1. The SMILES string of the molecule is CB1OCc2cc(N(S(=O)(=O)c3ccccc3)S(=O)(=O)c3ccccc3)ccc21.CB1OCc2ccc(S(=O)(=O)c3ccc(Cl)cc3)cc21.CB1OCc2ccc(S(=O)c3ccc(C)cc3)cc21.CB1OCc2ccc(Sc3ccc(C)cc3)cc21.CSc1ccc(Sc2ccc3c(c2)B(C)OC3)cc1.Cc1ccc(S(=O)c2ccc3c(c2)B(O)OC3)cc1.[C-]#[N+]c1cccc(COc2ccc3c(c2)COB3C)c1. The maximum atomic E-state index is 13.4. The molecule has 0 saturated carbocycles. The van der Waals surface area contributed by atoms with E-state index >= 15 is 0 Å². The molecule has 19 nitrogen and oxygen atoms in total. The van der Waals surface area contributed by atoms with E-state index in [2.05, 4.69) is 129 Å². The van der Waals surface area contributed by atoms with Gasteiger partial charge in [0, 0.05) is 49.1 Å². The van der Waals surface area contributed by atoms with Gasteiger partial charge in [0.05, 0.1) is 99.7 Å². The van der Waals surface area contributed by atoms with Crippen LogP contribution in [0.2, 0.25) is 46.0 Å². The Kier molecular flexibility index (Phi) is 35.4. The topological polar surface area (TPSA) is 238 Å². The van der Waals surface area contributed by atoms with Crippen LogP contribution >= 0.6 is 46.9 Å². The Hall–Kier alpha value is -11.0. The molecule has 726 valence electrons. The van der Waals surface area contributed by atoms with E-state index in [-0.39, 0.29) is 66.8 Å². The molecule has 15 aromatic carbocycles. The van der Waals surface area contributed by atoms with E-state index in [4.69, 9.17) is 55.5 Å². The molecule has 1 N–H and O–H groups in total. The van der Waals surface area contributed by atoms with Crippen LogP contribution in [0, 0.1) is 27.3 Å². The largest absolute Gasteiger partial charge is 0.491 e. The highest BCUT2D eigenvalue weighted by atomic mass is 35.5. The molecule has 0 aromatic heterocycles. The molecule has 0 spiro atoms.